The Balaban J connectivity index is 1.62. The molecule has 0 aliphatic carbocycles. The van der Waals surface area contributed by atoms with Crippen LogP contribution in [0.2, 0.25) is 0 Å². The van der Waals surface area contributed by atoms with E-state index in [9.17, 15) is 14.4 Å². The van der Waals surface area contributed by atoms with Crippen molar-refractivity contribution in [2.75, 3.05) is 4.90 Å². The van der Waals surface area contributed by atoms with Crippen molar-refractivity contribution >= 4 is 45.1 Å². The van der Waals surface area contributed by atoms with Crippen molar-refractivity contribution in [3.05, 3.63) is 58.6 Å². The topological polar surface area (TPSA) is 85.3 Å². The van der Waals surface area contributed by atoms with Crippen LogP contribution in [0.15, 0.2) is 58.2 Å². The van der Waals surface area contributed by atoms with E-state index in [0.717, 1.165) is 14.9 Å². The van der Waals surface area contributed by atoms with Gasteiger partial charge < -0.3 is 9.57 Å². The maximum Gasteiger partial charge on any atom is 0.308 e. The summed E-state index contributed by atoms with van der Waals surface area (Å²) in [6.07, 6.45) is -0.968. The van der Waals surface area contributed by atoms with Crippen molar-refractivity contribution in [3.8, 4) is 5.75 Å². The molecule has 2 aromatic carbocycles. The quantitative estimate of drug-likeness (QED) is 0.426. The first-order valence-corrected chi connectivity index (χ1v) is 8.91. The summed E-state index contributed by atoms with van der Waals surface area (Å²) >= 11 is 3.36. The molecule has 0 bridgehead atoms. The fourth-order valence-electron chi connectivity index (χ4n) is 3.12. The van der Waals surface area contributed by atoms with Gasteiger partial charge in [-0.1, -0.05) is 33.2 Å². The van der Waals surface area contributed by atoms with Crippen LogP contribution in [-0.4, -0.2) is 29.6 Å². The van der Waals surface area contributed by atoms with E-state index in [4.69, 9.17) is 9.57 Å². The molecule has 0 aromatic heterocycles. The van der Waals surface area contributed by atoms with Gasteiger partial charge in [-0.2, -0.15) is 0 Å². The molecule has 7 nitrogen and oxygen atoms in total. The number of ether oxygens (including phenoxy) is 1. The second-order valence-electron chi connectivity index (χ2n) is 6.09. The van der Waals surface area contributed by atoms with Crippen LogP contribution in [-0.2, 0) is 19.2 Å². The number of nitrogens with zero attached hydrogens (tertiary/aromatic N) is 2. The predicted molar refractivity (Wildman–Crippen MR) is 99.3 cm³/mol. The van der Waals surface area contributed by atoms with E-state index < -0.39 is 29.8 Å². The lowest BCUT2D eigenvalue weighted by Gasteiger charge is -2.15. The van der Waals surface area contributed by atoms with E-state index in [1.54, 1.807) is 12.1 Å². The lowest BCUT2D eigenvalue weighted by Crippen LogP contribution is -2.33. The van der Waals surface area contributed by atoms with Crippen LogP contribution in [0.3, 0.4) is 0 Å². The van der Waals surface area contributed by atoms with Crippen molar-refractivity contribution in [2.24, 2.45) is 11.1 Å². The summed E-state index contributed by atoms with van der Waals surface area (Å²) in [5.41, 5.74) is 1.54. The fourth-order valence-corrected chi connectivity index (χ4v) is 3.38. The third-order valence-electron chi connectivity index (χ3n) is 4.31. The first-order valence-electron chi connectivity index (χ1n) is 8.11. The minimum absolute atomic E-state index is 0.332. The number of fused-ring (bicyclic) bond motifs is 1. The molecule has 2 aliphatic heterocycles. The number of carbonyl (C=O) groups is 3. The van der Waals surface area contributed by atoms with Gasteiger partial charge in [0, 0.05) is 17.0 Å². The molecule has 8 heteroatoms. The summed E-state index contributed by atoms with van der Waals surface area (Å²) in [7, 11) is 0. The van der Waals surface area contributed by atoms with Gasteiger partial charge in [-0.15, -0.1) is 0 Å². The molecule has 4 rings (SSSR count). The van der Waals surface area contributed by atoms with Crippen molar-refractivity contribution in [1.82, 2.24) is 0 Å². The van der Waals surface area contributed by atoms with Gasteiger partial charge in [0.05, 0.1) is 5.69 Å². The highest BCUT2D eigenvalue weighted by atomic mass is 79.9. The van der Waals surface area contributed by atoms with Crippen molar-refractivity contribution in [1.29, 1.82) is 0 Å². The zero-order chi connectivity index (χ0) is 19.1. The molecule has 0 radical (unpaired) electrons. The molecule has 2 aromatic rings. The Morgan fingerprint density at radius 3 is 2.37 bits per heavy atom. The number of imide groups is 1. The number of hydrogen-bond donors (Lipinski definition) is 0. The molecule has 1 saturated heterocycles. The Kier molecular flexibility index (Phi) is 4.27. The van der Waals surface area contributed by atoms with Gasteiger partial charge >= 0.3 is 5.97 Å². The first-order chi connectivity index (χ1) is 13.0. The molecule has 2 atom stereocenters. The van der Waals surface area contributed by atoms with Gasteiger partial charge in [0.15, 0.2) is 0 Å². The number of hydrogen-bond acceptors (Lipinski definition) is 6. The molecule has 27 heavy (non-hydrogen) atoms. The Morgan fingerprint density at radius 2 is 1.74 bits per heavy atom. The van der Waals surface area contributed by atoms with E-state index in [-0.39, 0.29) is 0 Å². The fraction of sp³-hybridized carbons (Fsp3) is 0.158. The molecule has 0 saturated carbocycles. The highest BCUT2D eigenvalue weighted by molar-refractivity contribution is 9.10. The molecule has 0 N–H and O–H groups in total. The molecular weight excluding hydrogens is 416 g/mol. The molecule has 0 spiro atoms. The van der Waals surface area contributed by atoms with Crippen molar-refractivity contribution < 1.29 is 24.0 Å². The SMILES string of the molecule is CC(=O)Oc1ccc(N2C(=O)[C@@H]3C(c4ccc(Br)cc4)=NO[C@@H]3C2=O)cc1. The minimum atomic E-state index is -0.968. The lowest BCUT2D eigenvalue weighted by atomic mass is 9.94. The Morgan fingerprint density at radius 1 is 1.07 bits per heavy atom. The molecule has 136 valence electrons. The van der Waals surface area contributed by atoms with Gasteiger partial charge in [-0.25, -0.2) is 4.90 Å². The first kappa shape index (κ1) is 17.4. The predicted octanol–water partition coefficient (Wildman–Crippen LogP) is 2.67. The highest BCUT2D eigenvalue weighted by Crippen LogP contribution is 2.35. The third-order valence-corrected chi connectivity index (χ3v) is 4.84. The van der Waals surface area contributed by atoms with E-state index in [0.29, 0.717) is 17.1 Å². The van der Waals surface area contributed by atoms with Crippen LogP contribution in [0.4, 0.5) is 5.69 Å². The Bertz CT molecular complexity index is 969. The maximum atomic E-state index is 13.0. The zero-order valence-electron chi connectivity index (χ0n) is 14.1. The van der Waals surface area contributed by atoms with Crippen LogP contribution >= 0.6 is 15.9 Å². The lowest BCUT2D eigenvalue weighted by molar-refractivity contribution is -0.132. The van der Waals surface area contributed by atoms with Crippen molar-refractivity contribution in [3.63, 3.8) is 0 Å². The Hall–Kier alpha value is -3.00. The number of anilines is 1. The molecular formula is C19H13BrN2O5. The number of benzene rings is 2. The number of carbonyl (C=O) groups excluding carboxylic acids is 3. The van der Waals surface area contributed by atoms with Gasteiger partial charge in [-0.3, -0.25) is 14.4 Å². The zero-order valence-corrected chi connectivity index (χ0v) is 15.7. The van der Waals surface area contributed by atoms with E-state index in [2.05, 4.69) is 21.1 Å². The average Bonchev–Trinajstić information content (AvgIpc) is 3.17. The molecule has 1 fully saturated rings. The van der Waals surface area contributed by atoms with Gasteiger partial charge in [0.25, 0.3) is 5.91 Å². The monoisotopic (exact) mass is 428 g/mol. The number of halogens is 1. The molecule has 0 unspecified atom stereocenters. The number of oxime groups is 1. The smallest absolute Gasteiger partial charge is 0.308 e. The largest absolute Gasteiger partial charge is 0.427 e. The highest BCUT2D eigenvalue weighted by Gasteiger charge is 2.56. The summed E-state index contributed by atoms with van der Waals surface area (Å²) in [4.78, 5) is 43.0. The summed E-state index contributed by atoms with van der Waals surface area (Å²) in [5, 5.41) is 3.97. The Labute approximate surface area is 162 Å². The van der Waals surface area contributed by atoms with Crippen LogP contribution < -0.4 is 9.64 Å². The molecule has 2 amide bonds. The van der Waals surface area contributed by atoms with Crippen LogP contribution in [0.1, 0.15) is 12.5 Å². The van der Waals surface area contributed by atoms with E-state index >= 15 is 0 Å². The standard InChI is InChI=1S/C19H13BrN2O5/c1-10(23)26-14-8-6-13(7-9-14)22-18(24)15-16(21-27-17(15)19(22)25)11-2-4-12(20)5-3-11/h2-9,15,17H,1H3/t15-,17+/m1/s1. The third kappa shape index (κ3) is 3.02. The second-order valence-corrected chi connectivity index (χ2v) is 7.00. The average molecular weight is 429 g/mol. The van der Waals surface area contributed by atoms with Crippen LogP contribution in [0.5, 0.6) is 5.75 Å². The minimum Gasteiger partial charge on any atom is -0.427 e. The summed E-state index contributed by atoms with van der Waals surface area (Å²) in [6, 6.07) is 13.4. The van der Waals surface area contributed by atoms with Gasteiger partial charge in [0.1, 0.15) is 17.4 Å². The van der Waals surface area contributed by atoms with E-state index in [1.807, 2.05) is 24.3 Å². The number of esters is 1. The normalized spacial score (nSPS) is 21.0. The van der Waals surface area contributed by atoms with Gasteiger partial charge in [-0.05, 0) is 36.4 Å². The van der Waals surface area contributed by atoms with Crippen molar-refractivity contribution in [2.45, 2.75) is 13.0 Å². The molecule has 2 heterocycles. The number of amides is 2. The van der Waals surface area contributed by atoms with Gasteiger partial charge in [0.2, 0.25) is 12.0 Å². The summed E-state index contributed by atoms with van der Waals surface area (Å²) in [5.74, 6) is -1.77. The molecule has 2 aliphatic rings. The second kappa shape index (κ2) is 6.62. The summed E-state index contributed by atoms with van der Waals surface area (Å²) in [6.45, 7) is 1.29. The number of rotatable bonds is 3. The van der Waals surface area contributed by atoms with Crippen LogP contribution in [0.25, 0.3) is 0 Å². The summed E-state index contributed by atoms with van der Waals surface area (Å²) < 4.78 is 5.86. The van der Waals surface area contributed by atoms with E-state index in [1.165, 1.54) is 19.1 Å². The maximum absolute atomic E-state index is 13.0. The van der Waals surface area contributed by atoms with Crippen LogP contribution in [0, 0.1) is 5.92 Å².